The van der Waals surface area contributed by atoms with Crippen molar-refractivity contribution in [2.24, 2.45) is 5.92 Å². The summed E-state index contributed by atoms with van der Waals surface area (Å²) in [7, 11) is 0. The van der Waals surface area contributed by atoms with Crippen molar-refractivity contribution in [3.8, 4) is 0 Å². The molecule has 1 aromatic rings. The maximum atomic E-state index is 6.37. The standard InChI is InChI=1S/C12H16ClNO/c1-9-6-10(8-15-9)12(13)7-11-4-2-3-5-14-11/h2-5,9-10,12H,6-8H2,1H3. The van der Waals surface area contributed by atoms with Gasteiger partial charge in [-0.15, -0.1) is 11.6 Å². The lowest BCUT2D eigenvalue weighted by atomic mass is 9.98. The molecule has 0 radical (unpaired) electrons. The third-order valence-corrected chi connectivity index (χ3v) is 3.38. The molecule has 0 spiro atoms. The third-order valence-electron chi connectivity index (χ3n) is 2.87. The Bertz CT molecular complexity index is 304. The average molecular weight is 226 g/mol. The zero-order valence-electron chi connectivity index (χ0n) is 8.90. The van der Waals surface area contributed by atoms with Crippen molar-refractivity contribution in [1.29, 1.82) is 0 Å². The van der Waals surface area contributed by atoms with Crippen LogP contribution < -0.4 is 0 Å². The van der Waals surface area contributed by atoms with E-state index in [2.05, 4.69) is 11.9 Å². The summed E-state index contributed by atoms with van der Waals surface area (Å²) in [6.45, 7) is 2.90. The molecule has 1 saturated heterocycles. The molecule has 1 aromatic heterocycles. The molecule has 0 amide bonds. The molecular formula is C12H16ClNO. The van der Waals surface area contributed by atoms with Crippen molar-refractivity contribution in [2.45, 2.75) is 31.2 Å². The van der Waals surface area contributed by atoms with Crippen LogP contribution in [0.1, 0.15) is 19.0 Å². The minimum Gasteiger partial charge on any atom is -0.378 e. The minimum atomic E-state index is 0.143. The van der Waals surface area contributed by atoms with Gasteiger partial charge in [0, 0.05) is 29.6 Å². The summed E-state index contributed by atoms with van der Waals surface area (Å²) in [5.74, 6) is 0.476. The Morgan fingerprint density at radius 3 is 3.07 bits per heavy atom. The van der Waals surface area contributed by atoms with Gasteiger partial charge in [-0.05, 0) is 25.5 Å². The quantitative estimate of drug-likeness (QED) is 0.738. The van der Waals surface area contributed by atoms with E-state index in [1.807, 2.05) is 24.4 Å². The molecule has 0 saturated carbocycles. The van der Waals surface area contributed by atoms with Crippen LogP contribution in [0.3, 0.4) is 0 Å². The van der Waals surface area contributed by atoms with E-state index in [0.717, 1.165) is 25.1 Å². The van der Waals surface area contributed by atoms with E-state index in [1.54, 1.807) is 0 Å². The average Bonchev–Trinajstić information content (AvgIpc) is 2.66. The molecule has 2 nitrogen and oxygen atoms in total. The van der Waals surface area contributed by atoms with Crippen LogP contribution in [-0.4, -0.2) is 23.1 Å². The van der Waals surface area contributed by atoms with Crippen LogP contribution in [0.2, 0.25) is 0 Å². The first-order valence-corrected chi connectivity index (χ1v) is 5.85. The number of hydrogen-bond donors (Lipinski definition) is 0. The summed E-state index contributed by atoms with van der Waals surface area (Å²) in [6, 6.07) is 5.95. The second kappa shape index (κ2) is 4.95. The first-order valence-electron chi connectivity index (χ1n) is 5.41. The lowest BCUT2D eigenvalue weighted by molar-refractivity contribution is 0.119. The fourth-order valence-corrected chi connectivity index (χ4v) is 2.32. The zero-order valence-corrected chi connectivity index (χ0v) is 9.65. The number of alkyl halides is 1. The molecule has 2 heterocycles. The summed E-state index contributed by atoms with van der Waals surface area (Å²) in [5, 5.41) is 0.143. The first kappa shape index (κ1) is 10.9. The monoisotopic (exact) mass is 225 g/mol. The summed E-state index contributed by atoms with van der Waals surface area (Å²) in [6.07, 6.45) is 4.08. The van der Waals surface area contributed by atoms with Gasteiger partial charge in [0.25, 0.3) is 0 Å². The molecule has 0 bridgehead atoms. The van der Waals surface area contributed by atoms with Crippen molar-refractivity contribution < 1.29 is 4.74 Å². The Balaban J connectivity index is 1.90. The predicted octanol–water partition coefficient (Wildman–Crippen LogP) is 2.66. The summed E-state index contributed by atoms with van der Waals surface area (Å²) >= 11 is 6.37. The molecule has 0 aliphatic carbocycles. The molecule has 82 valence electrons. The predicted molar refractivity (Wildman–Crippen MR) is 61.1 cm³/mol. The zero-order chi connectivity index (χ0) is 10.7. The third kappa shape index (κ3) is 2.93. The Kier molecular flexibility index (Phi) is 3.60. The van der Waals surface area contributed by atoms with Crippen LogP contribution in [0.4, 0.5) is 0 Å². The van der Waals surface area contributed by atoms with Crippen LogP contribution in [0.15, 0.2) is 24.4 Å². The molecule has 3 atom stereocenters. The highest BCUT2D eigenvalue weighted by molar-refractivity contribution is 6.20. The normalized spacial score (nSPS) is 27.9. The number of pyridine rings is 1. The molecule has 2 rings (SSSR count). The number of aromatic nitrogens is 1. The molecular weight excluding hydrogens is 210 g/mol. The van der Waals surface area contributed by atoms with Crippen molar-refractivity contribution in [2.75, 3.05) is 6.61 Å². The van der Waals surface area contributed by atoms with E-state index in [1.165, 1.54) is 0 Å². The fraction of sp³-hybridized carbons (Fsp3) is 0.583. The highest BCUT2D eigenvalue weighted by Gasteiger charge is 2.28. The van der Waals surface area contributed by atoms with Gasteiger partial charge in [-0.3, -0.25) is 4.98 Å². The van der Waals surface area contributed by atoms with E-state index >= 15 is 0 Å². The minimum absolute atomic E-state index is 0.143. The van der Waals surface area contributed by atoms with Gasteiger partial charge in [-0.25, -0.2) is 0 Å². The fourth-order valence-electron chi connectivity index (χ4n) is 1.99. The highest BCUT2D eigenvalue weighted by atomic mass is 35.5. The molecule has 3 heteroatoms. The van der Waals surface area contributed by atoms with Crippen LogP contribution in [0.25, 0.3) is 0 Å². The van der Waals surface area contributed by atoms with E-state index < -0.39 is 0 Å². The smallest absolute Gasteiger partial charge is 0.0551 e. The second-order valence-corrected chi connectivity index (χ2v) is 4.74. The molecule has 0 N–H and O–H groups in total. The Morgan fingerprint density at radius 2 is 2.47 bits per heavy atom. The molecule has 1 aliphatic heterocycles. The van der Waals surface area contributed by atoms with Gasteiger partial charge in [0.1, 0.15) is 0 Å². The summed E-state index contributed by atoms with van der Waals surface area (Å²) < 4.78 is 5.52. The van der Waals surface area contributed by atoms with Gasteiger partial charge >= 0.3 is 0 Å². The van der Waals surface area contributed by atoms with E-state index in [0.29, 0.717) is 12.0 Å². The van der Waals surface area contributed by atoms with Gasteiger partial charge in [0.15, 0.2) is 0 Å². The van der Waals surface area contributed by atoms with Crippen LogP contribution in [0.5, 0.6) is 0 Å². The largest absolute Gasteiger partial charge is 0.378 e. The van der Waals surface area contributed by atoms with E-state index in [9.17, 15) is 0 Å². The topological polar surface area (TPSA) is 22.1 Å². The Hall–Kier alpha value is -0.600. The van der Waals surface area contributed by atoms with Crippen molar-refractivity contribution >= 4 is 11.6 Å². The van der Waals surface area contributed by atoms with Gasteiger partial charge in [-0.2, -0.15) is 0 Å². The van der Waals surface area contributed by atoms with E-state index in [-0.39, 0.29) is 5.38 Å². The van der Waals surface area contributed by atoms with Gasteiger partial charge < -0.3 is 4.74 Å². The SMILES string of the molecule is CC1CC(C(Cl)Cc2ccccn2)CO1. The first-order chi connectivity index (χ1) is 7.25. The van der Waals surface area contributed by atoms with Crippen molar-refractivity contribution in [3.63, 3.8) is 0 Å². The summed E-state index contributed by atoms with van der Waals surface area (Å²) in [4.78, 5) is 4.28. The molecule has 1 fully saturated rings. The number of rotatable bonds is 3. The lowest BCUT2D eigenvalue weighted by Gasteiger charge is -2.14. The van der Waals surface area contributed by atoms with Crippen LogP contribution in [0, 0.1) is 5.92 Å². The molecule has 15 heavy (non-hydrogen) atoms. The lowest BCUT2D eigenvalue weighted by Crippen LogP contribution is -2.18. The molecule has 1 aliphatic rings. The number of nitrogens with zero attached hydrogens (tertiary/aromatic N) is 1. The van der Waals surface area contributed by atoms with Crippen molar-refractivity contribution in [1.82, 2.24) is 4.98 Å². The van der Waals surface area contributed by atoms with Crippen LogP contribution >= 0.6 is 11.6 Å². The van der Waals surface area contributed by atoms with Gasteiger partial charge in [0.2, 0.25) is 0 Å². The maximum absolute atomic E-state index is 6.37. The highest BCUT2D eigenvalue weighted by Crippen LogP contribution is 2.27. The second-order valence-electron chi connectivity index (χ2n) is 4.18. The van der Waals surface area contributed by atoms with Gasteiger partial charge in [-0.1, -0.05) is 6.07 Å². The number of ether oxygens (including phenoxy) is 1. The molecule has 3 unspecified atom stereocenters. The van der Waals surface area contributed by atoms with Gasteiger partial charge in [0.05, 0.1) is 12.7 Å². The number of hydrogen-bond acceptors (Lipinski definition) is 2. The maximum Gasteiger partial charge on any atom is 0.0551 e. The molecule has 0 aromatic carbocycles. The summed E-state index contributed by atoms with van der Waals surface area (Å²) in [5.41, 5.74) is 1.07. The Labute approximate surface area is 95.6 Å². The van der Waals surface area contributed by atoms with Crippen LogP contribution in [-0.2, 0) is 11.2 Å². The van der Waals surface area contributed by atoms with Crippen molar-refractivity contribution in [3.05, 3.63) is 30.1 Å². The van der Waals surface area contributed by atoms with E-state index in [4.69, 9.17) is 16.3 Å². The number of halogens is 1. The Morgan fingerprint density at radius 1 is 1.60 bits per heavy atom.